The highest BCUT2D eigenvalue weighted by Gasteiger charge is 2.10. The molecule has 0 bridgehead atoms. The Morgan fingerprint density at radius 1 is 1.11 bits per heavy atom. The van der Waals surface area contributed by atoms with Gasteiger partial charge in [-0.15, -0.1) is 0 Å². The molecule has 0 heterocycles. The molecule has 0 atom stereocenters. The van der Waals surface area contributed by atoms with Crippen LogP contribution in [0.3, 0.4) is 0 Å². The van der Waals surface area contributed by atoms with E-state index in [-0.39, 0.29) is 18.1 Å². The van der Waals surface area contributed by atoms with Crippen LogP contribution in [0.15, 0.2) is 85.5 Å². The van der Waals surface area contributed by atoms with Crippen LogP contribution in [0.2, 0.25) is 0 Å². The lowest BCUT2D eigenvalue weighted by molar-refractivity contribution is -0.137. The largest absolute Gasteiger partial charge is 0.463 e. The van der Waals surface area contributed by atoms with Crippen molar-refractivity contribution in [1.82, 2.24) is 0 Å². The zero-order valence-corrected chi connectivity index (χ0v) is 19.9. The van der Waals surface area contributed by atoms with Crippen LogP contribution < -0.4 is 10.1 Å². The van der Waals surface area contributed by atoms with E-state index in [4.69, 9.17) is 10.00 Å². The molecule has 2 rings (SSSR count). The van der Waals surface area contributed by atoms with E-state index in [1.54, 1.807) is 24.3 Å². The third-order valence-electron chi connectivity index (χ3n) is 4.24. The zero-order valence-electron chi connectivity index (χ0n) is 19.9. The van der Waals surface area contributed by atoms with Crippen LogP contribution in [0, 0.1) is 11.3 Å². The van der Waals surface area contributed by atoms with Crippen molar-refractivity contribution in [2.75, 3.05) is 11.9 Å². The van der Waals surface area contributed by atoms with Crippen molar-refractivity contribution < 1.29 is 23.9 Å². The molecular formula is C28H30N2O5. The van der Waals surface area contributed by atoms with E-state index in [9.17, 15) is 14.4 Å². The number of benzene rings is 2. The summed E-state index contributed by atoms with van der Waals surface area (Å²) in [5.74, 6) is -1.00. The number of nitrogens with zero attached hydrogens (tertiary/aromatic N) is 1. The standard InChI is InChI=1S/C21H18N2O3.C7H12O2/c1-16(7-5-10-17-8-3-2-4-9-17)21(25)26-19-12-6-11-18(15-19)23-20(24)13-14-22;1-3-5-6-9-7(8)4-2/h2-6,8-12,15H,1,7,13H2,(H,23,24);4H,2-3,5-6H2,1H3. The zero-order chi connectivity index (χ0) is 25.9. The van der Waals surface area contributed by atoms with Gasteiger partial charge in [-0.3, -0.25) is 4.79 Å². The molecule has 182 valence electrons. The van der Waals surface area contributed by atoms with Crippen molar-refractivity contribution in [1.29, 1.82) is 5.26 Å². The molecule has 2 aromatic rings. The lowest BCUT2D eigenvalue weighted by Crippen LogP contribution is -2.12. The van der Waals surface area contributed by atoms with Gasteiger partial charge in [-0.25, -0.2) is 9.59 Å². The van der Waals surface area contributed by atoms with Crippen LogP contribution in [-0.2, 0) is 19.1 Å². The van der Waals surface area contributed by atoms with Gasteiger partial charge in [0.2, 0.25) is 5.91 Å². The van der Waals surface area contributed by atoms with Gasteiger partial charge >= 0.3 is 11.9 Å². The predicted octanol–water partition coefficient (Wildman–Crippen LogP) is 5.62. The van der Waals surface area contributed by atoms with Gasteiger partial charge in [0, 0.05) is 23.4 Å². The summed E-state index contributed by atoms with van der Waals surface area (Å²) in [5.41, 5.74) is 1.80. The number of anilines is 1. The fourth-order valence-electron chi connectivity index (χ4n) is 2.45. The first-order valence-corrected chi connectivity index (χ1v) is 11.1. The number of unbranched alkanes of at least 4 members (excludes halogenated alkanes) is 1. The summed E-state index contributed by atoms with van der Waals surface area (Å²) in [4.78, 5) is 33.9. The van der Waals surface area contributed by atoms with E-state index in [0.29, 0.717) is 24.3 Å². The molecule has 0 saturated carbocycles. The molecule has 0 saturated heterocycles. The highest BCUT2D eigenvalue weighted by Crippen LogP contribution is 2.19. The highest BCUT2D eigenvalue weighted by molar-refractivity contribution is 5.93. The summed E-state index contributed by atoms with van der Waals surface area (Å²) in [5, 5.41) is 11.0. The predicted molar refractivity (Wildman–Crippen MR) is 136 cm³/mol. The topological polar surface area (TPSA) is 105 Å². The monoisotopic (exact) mass is 474 g/mol. The van der Waals surface area contributed by atoms with Gasteiger partial charge in [0.05, 0.1) is 12.7 Å². The van der Waals surface area contributed by atoms with Gasteiger partial charge in [0.25, 0.3) is 0 Å². The number of allylic oxidation sites excluding steroid dienone is 1. The maximum atomic E-state index is 12.1. The van der Waals surface area contributed by atoms with Crippen molar-refractivity contribution in [3.63, 3.8) is 0 Å². The normalized spacial score (nSPS) is 9.71. The van der Waals surface area contributed by atoms with Gasteiger partial charge in [-0.2, -0.15) is 5.26 Å². The van der Waals surface area contributed by atoms with E-state index in [1.807, 2.05) is 49.4 Å². The minimum atomic E-state index is -0.539. The molecule has 2 aromatic carbocycles. The molecule has 0 aliphatic rings. The number of hydrogen-bond acceptors (Lipinski definition) is 6. The molecule has 0 spiro atoms. The third kappa shape index (κ3) is 13.0. The van der Waals surface area contributed by atoms with E-state index in [1.165, 1.54) is 12.1 Å². The first kappa shape index (κ1) is 28.6. The Hall–Kier alpha value is -4.44. The Morgan fingerprint density at radius 3 is 2.51 bits per heavy atom. The molecule has 1 N–H and O–H groups in total. The maximum Gasteiger partial charge on any atom is 0.339 e. The van der Waals surface area contributed by atoms with Gasteiger partial charge in [0.15, 0.2) is 0 Å². The number of rotatable bonds is 11. The number of nitrogens with one attached hydrogen (secondary N) is 1. The SMILES string of the molecule is C=C(CC=Cc1ccccc1)C(=O)Oc1cccc(NC(=O)CC#N)c1.C=CC(=O)OCCCC. The summed E-state index contributed by atoms with van der Waals surface area (Å²) in [6.45, 7) is 9.57. The Balaban J connectivity index is 0.000000579. The Bertz CT molecular complexity index is 1070. The van der Waals surface area contributed by atoms with Crippen molar-refractivity contribution >= 4 is 29.6 Å². The second kappa shape index (κ2) is 17.1. The van der Waals surface area contributed by atoms with E-state index in [2.05, 4.69) is 23.2 Å². The second-order valence-corrected chi connectivity index (χ2v) is 7.15. The van der Waals surface area contributed by atoms with Crippen molar-refractivity contribution in [3.05, 3.63) is 91.0 Å². The summed E-state index contributed by atoms with van der Waals surface area (Å²) >= 11 is 0. The maximum absolute atomic E-state index is 12.1. The molecule has 35 heavy (non-hydrogen) atoms. The molecule has 1 amide bonds. The first-order chi connectivity index (χ1) is 16.9. The number of carbonyl (C=O) groups excluding carboxylic acids is 3. The highest BCUT2D eigenvalue weighted by atomic mass is 16.5. The van der Waals surface area contributed by atoms with Crippen LogP contribution in [0.25, 0.3) is 6.08 Å². The average Bonchev–Trinajstić information content (AvgIpc) is 2.85. The fraction of sp³-hybridized carbons (Fsp3) is 0.214. The Labute approximate surface area is 206 Å². The van der Waals surface area contributed by atoms with Crippen LogP contribution in [-0.4, -0.2) is 24.5 Å². The number of hydrogen-bond donors (Lipinski definition) is 1. The van der Waals surface area contributed by atoms with E-state index in [0.717, 1.165) is 18.4 Å². The summed E-state index contributed by atoms with van der Waals surface area (Å²) in [6, 6.07) is 17.9. The molecular weight excluding hydrogens is 444 g/mol. The second-order valence-electron chi connectivity index (χ2n) is 7.15. The molecule has 7 nitrogen and oxygen atoms in total. The van der Waals surface area contributed by atoms with Crippen LogP contribution in [0.1, 0.15) is 38.2 Å². The number of carbonyl (C=O) groups is 3. The summed E-state index contributed by atoms with van der Waals surface area (Å²) in [6.07, 6.45) is 7.03. The van der Waals surface area contributed by atoms with Crippen LogP contribution in [0.5, 0.6) is 5.75 Å². The van der Waals surface area contributed by atoms with Gasteiger partial charge in [-0.1, -0.05) is 75.1 Å². The van der Waals surface area contributed by atoms with E-state index < -0.39 is 11.9 Å². The quantitative estimate of drug-likeness (QED) is 0.196. The van der Waals surface area contributed by atoms with Crippen LogP contribution >= 0.6 is 0 Å². The van der Waals surface area contributed by atoms with Gasteiger partial charge in [-0.05, 0) is 30.5 Å². The van der Waals surface area contributed by atoms with Gasteiger partial charge in [0.1, 0.15) is 12.2 Å². The molecule has 7 heteroatoms. The van der Waals surface area contributed by atoms with Crippen molar-refractivity contribution in [3.8, 4) is 11.8 Å². The van der Waals surface area contributed by atoms with Crippen molar-refractivity contribution in [2.24, 2.45) is 0 Å². The summed E-state index contributed by atoms with van der Waals surface area (Å²) < 4.78 is 9.95. The Kier molecular flexibility index (Phi) is 14.0. The molecule has 0 radical (unpaired) electrons. The van der Waals surface area contributed by atoms with E-state index >= 15 is 0 Å². The molecule has 0 aliphatic heterocycles. The number of esters is 2. The number of amides is 1. The number of nitriles is 1. The van der Waals surface area contributed by atoms with Crippen molar-refractivity contribution in [2.45, 2.75) is 32.6 Å². The average molecular weight is 475 g/mol. The lowest BCUT2D eigenvalue weighted by Gasteiger charge is -2.08. The first-order valence-electron chi connectivity index (χ1n) is 11.1. The fourth-order valence-corrected chi connectivity index (χ4v) is 2.45. The third-order valence-corrected chi connectivity index (χ3v) is 4.24. The van der Waals surface area contributed by atoms with Gasteiger partial charge < -0.3 is 14.8 Å². The lowest BCUT2D eigenvalue weighted by atomic mass is 10.1. The molecule has 0 aromatic heterocycles. The van der Waals surface area contributed by atoms with Crippen LogP contribution in [0.4, 0.5) is 5.69 Å². The smallest absolute Gasteiger partial charge is 0.339 e. The minimum Gasteiger partial charge on any atom is -0.463 e. The molecule has 0 unspecified atom stereocenters. The summed E-state index contributed by atoms with van der Waals surface area (Å²) in [7, 11) is 0. The molecule has 0 fully saturated rings. The molecule has 0 aliphatic carbocycles. The Morgan fingerprint density at radius 2 is 1.86 bits per heavy atom. The minimum absolute atomic E-state index is 0.241. The number of ether oxygens (including phenoxy) is 2.